The zero-order chi connectivity index (χ0) is 26.3. The molecule has 0 unspecified atom stereocenters. The summed E-state index contributed by atoms with van der Waals surface area (Å²) in [6.07, 6.45) is 0. The van der Waals surface area contributed by atoms with Crippen molar-refractivity contribution in [2.24, 2.45) is 0 Å². The summed E-state index contributed by atoms with van der Waals surface area (Å²) in [6, 6.07) is 8.54. The fraction of sp³-hybridized carbons (Fsp3) is 0.143. The van der Waals surface area contributed by atoms with Gasteiger partial charge >= 0.3 is 5.69 Å². The van der Waals surface area contributed by atoms with E-state index in [4.69, 9.17) is 52.1 Å². The van der Waals surface area contributed by atoms with Crippen LogP contribution in [0.15, 0.2) is 36.4 Å². The summed E-state index contributed by atoms with van der Waals surface area (Å²) in [5.41, 5.74) is 6.80. The lowest BCUT2D eigenvalue weighted by molar-refractivity contribution is -0.385. The van der Waals surface area contributed by atoms with E-state index in [2.05, 4.69) is 0 Å². The first-order chi connectivity index (χ1) is 15.7. The molecule has 3 rings (SSSR count). The van der Waals surface area contributed by atoms with Crippen LogP contribution in [0.25, 0.3) is 0 Å². The van der Waals surface area contributed by atoms with Gasteiger partial charge in [0.2, 0.25) is 0 Å². The molecular weight excluding hydrogens is 532 g/mol. The van der Waals surface area contributed by atoms with Crippen molar-refractivity contribution in [1.29, 1.82) is 0 Å². The maximum absolute atomic E-state index is 10.4. The Balaban J connectivity index is 0.000000256. The average molecular weight is 551 g/mol. The molecule has 0 fully saturated rings. The van der Waals surface area contributed by atoms with Gasteiger partial charge in [-0.05, 0) is 50.6 Å². The van der Waals surface area contributed by atoms with Crippen molar-refractivity contribution >= 4 is 63.5 Å². The predicted molar refractivity (Wildman–Crippen MR) is 135 cm³/mol. The number of hydrogen-bond donors (Lipinski definition) is 3. The van der Waals surface area contributed by atoms with E-state index in [9.17, 15) is 30.4 Å². The molecule has 0 amide bonds. The number of hydrogen-bond acceptors (Lipinski definition) is 7. The van der Waals surface area contributed by atoms with Gasteiger partial charge in [-0.25, -0.2) is 0 Å². The summed E-state index contributed by atoms with van der Waals surface area (Å²) in [7, 11) is 0. The Bertz CT molecular complexity index is 1140. The smallest absolute Gasteiger partial charge is 0.311 e. The molecule has 3 aromatic rings. The highest BCUT2D eigenvalue weighted by atomic mass is 35.5. The molecular formula is C21H19Cl4N3O6. The molecule has 0 aliphatic rings. The molecule has 13 heteroatoms. The Kier molecular flexibility index (Phi) is 10.7. The quantitative estimate of drug-likeness (QED) is 0.130. The van der Waals surface area contributed by atoms with E-state index >= 15 is 0 Å². The largest absolute Gasteiger partial charge is 0.505 e. The zero-order valence-electron chi connectivity index (χ0n) is 18.0. The van der Waals surface area contributed by atoms with Crippen molar-refractivity contribution < 1.29 is 20.1 Å². The van der Waals surface area contributed by atoms with Crippen LogP contribution in [-0.4, -0.2) is 20.1 Å². The van der Waals surface area contributed by atoms with Crippen LogP contribution in [0.1, 0.15) is 16.7 Å². The van der Waals surface area contributed by atoms with E-state index < -0.39 is 9.85 Å². The standard InChI is InChI=1S/C7H5Cl2NO2.C7H6ClNO3.C7H8ClNO/c1-4-5(8)2-3-6(7(4)9)10(11)12;1-4-5(8)2-3-6(7(4)10)9(11)12;1-4-5(8)2-3-6(9)7(4)10/h2-3H,1H3;2-3,10H,1H3;2-3,10H,9H2,1H3. The van der Waals surface area contributed by atoms with Crippen LogP contribution >= 0.6 is 46.4 Å². The molecule has 0 aromatic heterocycles. The molecule has 0 saturated carbocycles. The van der Waals surface area contributed by atoms with Gasteiger partial charge < -0.3 is 15.9 Å². The lowest BCUT2D eigenvalue weighted by Gasteiger charge is -2.02. The molecule has 0 saturated heterocycles. The fourth-order valence-electron chi connectivity index (χ4n) is 2.29. The van der Waals surface area contributed by atoms with Gasteiger partial charge in [0.15, 0.2) is 5.75 Å². The van der Waals surface area contributed by atoms with Crippen molar-refractivity contribution in [2.75, 3.05) is 5.73 Å². The van der Waals surface area contributed by atoms with E-state index in [1.807, 2.05) is 0 Å². The zero-order valence-corrected chi connectivity index (χ0v) is 21.0. The van der Waals surface area contributed by atoms with Crippen molar-refractivity contribution in [3.63, 3.8) is 0 Å². The maximum Gasteiger partial charge on any atom is 0.311 e. The molecule has 0 radical (unpaired) electrons. The maximum atomic E-state index is 10.4. The van der Waals surface area contributed by atoms with Crippen LogP contribution in [0.2, 0.25) is 20.1 Å². The number of aromatic hydroxyl groups is 2. The monoisotopic (exact) mass is 549 g/mol. The fourth-order valence-corrected chi connectivity index (χ4v) is 3.04. The number of benzene rings is 3. The first kappa shape index (κ1) is 29.1. The molecule has 0 spiro atoms. The second kappa shape index (κ2) is 12.5. The molecule has 0 atom stereocenters. The number of phenols is 2. The van der Waals surface area contributed by atoms with Crippen LogP contribution in [0.5, 0.6) is 11.5 Å². The number of nitrogens with two attached hydrogens (primary N) is 1. The Morgan fingerprint density at radius 3 is 1.50 bits per heavy atom. The molecule has 3 aromatic carbocycles. The Morgan fingerprint density at radius 1 is 0.676 bits per heavy atom. The first-order valence-corrected chi connectivity index (χ1v) is 10.7. The second-order valence-corrected chi connectivity index (χ2v) is 8.27. The number of rotatable bonds is 2. The van der Waals surface area contributed by atoms with Gasteiger partial charge in [0, 0.05) is 38.3 Å². The van der Waals surface area contributed by atoms with E-state index in [1.165, 1.54) is 31.2 Å². The van der Waals surface area contributed by atoms with Gasteiger partial charge in [-0.2, -0.15) is 0 Å². The van der Waals surface area contributed by atoms with Gasteiger partial charge in [0.1, 0.15) is 10.8 Å². The molecule has 0 bridgehead atoms. The van der Waals surface area contributed by atoms with Crippen LogP contribution in [0.4, 0.5) is 17.1 Å². The Hall–Kier alpha value is -2.98. The van der Waals surface area contributed by atoms with Gasteiger partial charge in [-0.1, -0.05) is 46.4 Å². The number of nitrogens with zero attached hydrogens (tertiary/aromatic N) is 2. The van der Waals surface area contributed by atoms with E-state index in [1.54, 1.807) is 26.0 Å². The summed E-state index contributed by atoms with van der Waals surface area (Å²) in [5, 5.41) is 40.4. The lowest BCUT2D eigenvalue weighted by atomic mass is 10.2. The van der Waals surface area contributed by atoms with Crippen molar-refractivity contribution in [2.45, 2.75) is 20.8 Å². The Morgan fingerprint density at radius 2 is 1.06 bits per heavy atom. The third kappa shape index (κ3) is 7.26. The van der Waals surface area contributed by atoms with Crippen LogP contribution in [-0.2, 0) is 0 Å². The number of nitro benzene ring substituents is 2. The number of nitro groups is 2. The van der Waals surface area contributed by atoms with E-state index in [-0.39, 0.29) is 27.9 Å². The molecule has 0 aliphatic carbocycles. The minimum atomic E-state index is -0.654. The number of nitrogen functional groups attached to an aromatic ring is 1. The normalized spacial score (nSPS) is 9.85. The summed E-state index contributed by atoms with van der Waals surface area (Å²) in [5.74, 6) is -0.292. The minimum absolute atomic E-state index is 0.0764. The van der Waals surface area contributed by atoms with E-state index in [0.29, 0.717) is 37.4 Å². The topological polar surface area (TPSA) is 153 Å². The van der Waals surface area contributed by atoms with Crippen LogP contribution < -0.4 is 5.73 Å². The van der Waals surface area contributed by atoms with Crippen molar-refractivity contribution in [3.05, 3.63) is 93.4 Å². The highest BCUT2D eigenvalue weighted by Gasteiger charge is 2.16. The molecule has 34 heavy (non-hydrogen) atoms. The lowest BCUT2D eigenvalue weighted by Crippen LogP contribution is -1.90. The van der Waals surface area contributed by atoms with Gasteiger partial charge in [-0.3, -0.25) is 20.2 Å². The average Bonchev–Trinajstić information content (AvgIpc) is 2.77. The van der Waals surface area contributed by atoms with Gasteiger partial charge in [0.05, 0.1) is 15.5 Å². The number of phenolic OH excluding ortho intramolecular Hbond substituents is 2. The molecule has 9 nitrogen and oxygen atoms in total. The highest BCUT2D eigenvalue weighted by molar-refractivity contribution is 6.37. The number of anilines is 1. The second-order valence-electron chi connectivity index (χ2n) is 6.67. The van der Waals surface area contributed by atoms with Gasteiger partial charge in [-0.15, -0.1) is 0 Å². The SMILES string of the molecule is Cc1c(Cl)ccc(N)c1O.Cc1c(Cl)ccc([N+](=O)[O-])c1Cl.Cc1c(Cl)ccc([N+](=O)[O-])c1O. The molecule has 4 N–H and O–H groups in total. The van der Waals surface area contributed by atoms with Crippen LogP contribution in [0, 0.1) is 41.0 Å². The number of halogens is 4. The summed E-state index contributed by atoms with van der Waals surface area (Å²) in [4.78, 5) is 19.5. The highest BCUT2D eigenvalue weighted by Crippen LogP contribution is 2.34. The molecule has 0 aliphatic heterocycles. The van der Waals surface area contributed by atoms with Gasteiger partial charge in [0.25, 0.3) is 5.69 Å². The van der Waals surface area contributed by atoms with Crippen molar-refractivity contribution in [1.82, 2.24) is 0 Å². The predicted octanol–water partition coefficient (Wildman–Crippen LogP) is 7.41. The minimum Gasteiger partial charge on any atom is -0.505 e. The summed E-state index contributed by atoms with van der Waals surface area (Å²) >= 11 is 22.6. The summed E-state index contributed by atoms with van der Waals surface area (Å²) in [6.45, 7) is 4.87. The molecule has 0 heterocycles. The third-order valence-electron chi connectivity index (χ3n) is 4.43. The molecule has 182 valence electrons. The van der Waals surface area contributed by atoms with Crippen LogP contribution in [0.3, 0.4) is 0 Å². The summed E-state index contributed by atoms with van der Waals surface area (Å²) < 4.78 is 0. The third-order valence-corrected chi connectivity index (χ3v) is 6.14. The van der Waals surface area contributed by atoms with E-state index in [0.717, 1.165) is 0 Å². The first-order valence-electron chi connectivity index (χ1n) is 9.15. The van der Waals surface area contributed by atoms with Crippen molar-refractivity contribution in [3.8, 4) is 11.5 Å². The Labute approximate surface area is 214 Å².